The van der Waals surface area contributed by atoms with Crippen LogP contribution in [0.3, 0.4) is 0 Å². The fourth-order valence-corrected chi connectivity index (χ4v) is 2.06. The zero-order valence-corrected chi connectivity index (χ0v) is 9.67. The van der Waals surface area contributed by atoms with Crippen LogP contribution in [0.5, 0.6) is 0 Å². The van der Waals surface area contributed by atoms with Gasteiger partial charge < -0.3 is 5.11 Å². The Hall–Kier alpha value is -0.830. The van der Waals surface area contributed by atoms with E-state index in [0.717, 1.165) is 10.9 Å². The standard InChI is InChI=1S/C11H13BrO2/c1-8-5-9(7-10(12)6-8)3-2-4-11(13)14/h5-7H,2-4H2,1H3,(H,13,14). The first-order valence-electron chi connectivity index (χ1n) is 4.56. The summed E-state index contributed by atoms with van der Waals surface area (Å²) in [5, 5.41) is 8.49. The molecule has 2 nitrogen and oxygen atoms in total. The molecule has 0 aliphatic rings. The Morgan fingerprint density at radius 3 is 2.71 bits per heavy atom. The van der Waals surface area contributed by atoms with E-state index in [4.69, 9.17) is 5.11 Å². The molecule has 0 heterocycles. The number of carbonyl (C=O) groups is 1. The normalized spacial score (nSPS) is 10.1. The average molecular weight is 257 g/mol. The van der Waals surface area contributed by atoms with E-state index in [1.165, 1.54) is 11.1 Å². The third kappa shape index (κ3) is 3.92. The van der Waals surface area contributed by atoms with Gasteiger partial charge in [-0.3, -0.25) is 4.79 Å². The van der Waals surface area contributed by atoms with E-state index in [1.807, 2.05) is 19.1 Å². The van der Waals surface area contributed by atoms with Gasteiger partial charge in [0.1, 0.15) is 0 Å². The number of carboxylic acid groups (broad SMARTS) is 1. The summed E-state index contributed by atoms with van der Waals surface area (Å²) < 4.78 is 1.06. The van der Waals surface area contributed by atoms with Gasteiger partial charge in [-0.25, -0.2) is 0 Å². The summed E-state index contributed by atoms with van der Waals surface area (Å²) in [6.45, 7) is 2.03. The predicted molar refractivity (Wildman–Crippen MR) is 59.5 cm³/mol. The lowest BCUT2D eigenvalue weighted by molar-refractivity contribution is -0.137. The van der Waals surface area contributed by atoms with Gasteiger partial charge in [-0.1, -0.05) is 22.0 Å². The highest BCUT2D eigenvalue weighted by molar-refractivity contribution is 9.10. The number of aryl methyl sites for hydroxylation is 2. The summed E-state index contributed by atoms with van der Waals surface area (Å²) in [6.07, 6.45) is 1.77. The van der Waals surface area contributed by atoms with Crippen LogP contribution in [-0.4, -0.2) is 11.1 Å². The molecule has 0 aromatic heterocycles. The molecule has 1 aromatic rings. The van der Waals surface area contributed by atoms with Crippen LogP contribution in [0.1, 0.15) is 24.0 Å². The summed E-state index contributed by atoms with van der Waals surface area (Å²) in [5.41, 5.74) is 2.39. The van der Waals surface area contributed by atoms with Crippen molar-refractivity contribution in [1.29, 1.82) is 0 Å². The summed E-state index contributed by atoms with van der Waals surface area (Å²) in [7, 11) is 0. The van der Waals surface area contributed by atoms with Gasteiger partial charge in [-0.05, 0) is 43.0 Å². The summed E-state index contributed by atoms with van der Waals surface area (Å²) >= 11 is 3.42. The fraction of sp³-hybridized carbons (Fsp3) is 0.364. The summed E-state index contributed by atoms with van der Waals surface area (Å²) in [5.74, 6) is -0.725. The van der Waals surface area contributed by atoms with Gasteiger partial charge in [0.05, 0.1) is 0 Å². The molecule has 0 bridgehead atoms. The monoisotopic (exact) mass is 256 g/mol. The van der Waals surface area contributed by atoms with Gasteiger partial charge in [-0.2, -0.15) is 0 Å². The minimum atomic E-state index is -0.725. The smallest absolute Gasteiger partial charge is 0.303 e. The highest BCUT2D eigenvalue weighted by Gasteiger charge is 2.00. The van der Waals surface area contributed by atoms with Gasteiger partial charge in [-0.15, -0.1) is 0 Å². The number of carboxylic acids is 1. The molecule has 1 aromatic carbocycles. The fourth-order valence-electron chi connectivity index (χ4n) is 1.40. The molecule has 0 fully saturated rings. The van der Waals surface area contributed by atoms with Crippen LogP contribution in [0, 0.1) is 6.92 Å². The first-order chi connectivity index (χ1) is 6.58. The highest BCUT2D eigenvalue weighted by atomic mass is 79.9. The van der Waals surface area contributed by atoms with Gasteiger partial charge in [0, 0.05) is 10.9 Å². The van der Waals surface area contributed by atoms with E-state index in [9.17, 15) is 4.79 Å². The van der Waals surface area contributed by atoms with Crippen LogP contribution < -0.4 is 0 Å². The third-order valence-electron chi connectivity index (χ3n) is 1.96. The molecule has 0 saturated heterocycles. The van der Waals surface area contributed by atoms with Crippen molar-refractivity contribution in [3.63, 3.8) is 0 Å². The Bertz CT molecular complexity index is 314. The quantitative estimate of drug-likeness (QED) is 0.899. The zero-order valence-electron chi connectivity index (χ0n) is 8.09. The van der Waals surface area contributed by atoms with E-state index >= 15 is 0 Å². The molecule has 0 radical (unpaired) electrons. The molecule has 3 heteroatoms. The number of hydrogen-bond acceptors (Lipinski definition) is 1. The number of halogens is 1. The lowest BCUT2D eigenvalue weighted by atomic mass is 10.1. The molecule has 0 amide bonds. The second-order valence-electron chi connectivity index (χ2n) is 3.38. The van der Waals surface area contributed by atoms with Crippen LogP contribution in [0.25, 0.3) is 0 Å². The molecule has 0 aliphatic carbocycles. The Balaban J connectivity index is 2.54. The molecular weight excluding hydrogens is 244 g/mol. The van der Waals surface area contributed by atoms with Gasteiger partial charge >= 0.3 is 5.97 Å². The lowest BCUT2D eigenvalue weighted by Gasteiger charge is -2.02. The van der Waals surface area contributed by atoms with Crippen LogP contribution >= 0.6 is 15.9 Å². The lowest BCUT2D eigenvalue weighted by Crippen LogP contribution is -1.96. The van der Waals surface area contributed by atoms with Crippen molar-refractivity contribution in [3.8, 4) is 0 Å². The molecule has 0 aliphatic heterocycles. The second kappa shape index (κ2) is 5.15. The number of rotatable bonds is 4. The van der Waals surface area contributed by atoms with Crippen molar-refractivity contribution in [2.75, 3.05) is 0 Å². The van der Waals surface area contributed by atoms with Crippen molar-refractivity contribution in [2.45, 2.75) is 26.2 Å². The van der Waals surface area contributed by atoms with Crippen molar-refractivity contribution in [2.24, 2.45) is 0 Å². The minimum absolute atomic E-state index is 0.242. The zero-order chi connectivity index (χ0) is 10.6. The van der Waals surface area contributed by atoms with Crippen LogP contribution in [-0.2, 0) is 11.2 Å². The molecule has 0 unspecified atom stereocenters. The summed E-state index contributed by atoms with van der Waals surface area (Å²) in [6, 6.07) is 6.17. The van der Waals surface area contributed by atoms with Crippen molar-refractivity contribution in [3.05, 3.63) is 33.8 Å². The van der Waals surface area contributed by atoms with Crippen LogP contribution in [0.15, 0.2) is 22.7 Å². The molecule has 76 valence electrons. The largest absolute Gasteiger partial charge is 0.481 e. The summed E-state index contributed by atoms with van der Waals surface area (Å²) in [4.78, 5) is 10.3. The first-order valence-corrected chi connectivity index (χ1v) is 5.35. The van der Waals surface area contributed by atoms with Gasteiger partial charge in [0.25, 0.3) is 0 Å². The molecule has 0 saturated carbocycles. The van der Waals surface area contributed by atoms with Crippen LogP contribution in [0.2, 0.25) is 0 Å². The predicted octanol–water partition coefficient (Wildman–Crippen LogP) is 3.16. The van der Waals surface area contributed by atoms with E-state index in [0.29, 0.717) is 6.42 Å². The maximum atomic E-state index is 10.3. The van der Waals surface area contributed by atoms with Crippen molar-refractivity contribution >= 4 is 21.9 Å². The molecular formula is C11H13BrO2. The van der Waals surface area contributed by atoms with E-state index in [1.54, 1.807) is 0 Å². The maximum Gasteiger partial charge on any atom is 0.303 e. The molecule has 1 N–H and O–H groups in total. The first kappa shape index (κ1) is 11.2. The highest BCUT2D eigenvalue weighted by Crippen LogP contribution is 2.16. The molecule has 0 spiro atoms. The Morgan fingerprint density at radius 1 is 1.43 bits per heavy atom. The van der Waals surface area contributed by atoms with Gasteiger partial charge in [0.2, 0.25) is 0 Å². The molecule has 14 heavy (non-hydrogen) atoms. The Labute approximate surface area is 92.1 Å². The Morgan fingerprint density at radius 2 is 2.14 bits per heavy atom. The van der Waals surface area contributed by atoms with E-state index in [-0.39, 0.29) is 6.42 Å². The van der Waals surface area contributed by atoms with Crippen molar-refractivity contribution < 1.29 is 9.90 Å². The van der Waals surface area contributed by atoms with Crippen molar-refractivity contribution in [1.82, 2.24) is 0 Å². The Kier molecular flexibility index (Phi) is 4.14. The molecule has 0 atom stereocenters. The average Bonchev–Trinajstić information content (AvgIpc) is 2.01. The van der Waals surface area contributed by atoms with Crippen LogP contribution in [0.4, 0.5) is 0 Å². The second-order valence-corrected chi connectivity index (χ2v) is 4.30. The van der Waals surface area contributed by atoms with Gasteiger partial charge in [0.15, 0.2) is 0 Å². The minimum Gasteiger partial charge on any atom is -0.481 e. The third-order valence-corrected chi connectivity index (χ3v) is 2.42. The van der Waals surface area contributed by atoms with E-state index in [2.05, 4.69) is 22.0 Å². The number of aliphatic carboxylic acids is 1. The van der Waals surface area contributed by atoms with E-state index < -0.39 is 5.97 Å². The maximum absolute atomic E-state index is 10.3. The topological polar surface area (TPSA) is 37.3 Å². The SMILES string of the molecule is Cc1cc(Br)cc(CCCC(=O)O)c1. The molecule has 1 rings (SSSR count). The number of hydrogen-bond donors (Lipinski definition) is 1. The number of benzene rings is 1.